The van der Waals surface area contributed by atoms with Crippen molar-refractivity contribution in [2.45, 2.75) is 0 Å². The number of hydrogen-bond acceptors (Lipinski definition) is 5. The minimum Gasteiger partial charge on any atom is -0.465 e. The van der Waals surface area contributed by atoms with Gasteiger partial charge in [0.2, 0.25) is 0 Å². The SMILES string of the molecule is COC(=O)c1ccc(/C=N/O)nc1. The van der Waals surface area contributed by atoms with Crippen LogP contribution in [0.25, 0.3) is 0 Å². The Balaban J connectivity index is 2.87. The third-order valence-corrected chi connectivity index (χ3v) is 1.40. The molecule has 1 aromatic heterocycles. The first-order chi connectivity index (χ1) is 6.27. The smallest absolute Gasteiger partial charge is 0.339 e. The molecule has 0 amide bonds. The Morgan fingerprint density at radius 2 is 2.46 bits per heavy atom. The maximum atomic E-state index is 10.9. The standard InChI is InChI=1S/C8H8N2O3/c1-13-8(11)6-2-3-7(5-10-12)9-4-6/h2-5,12H,1H3/b10-5+. The van der Waals surface area contributed by atoms with Crippen LogP contribution in [0, 0.1) is 0 Å². The quantitative estimate of drug-likeness (QED) is 0.314. The molecule has 1 aromatic rings. The Labute approximate surface area is 74.7 Å². The van der Waals surface area contributed by atoms with Crippen LogP contribution >= 0.6 is 0 Å². The van der Waals surface area contributed by atoms with Crippen molar-refractivity contribution >= 4 is 12.2 Å². The van der Waals surface area contributed by atoms with Gasteiger partial charge in [0.25, 0.3) is 0 Å². The van der Waals surface area contributed by atoms with Crippen LogP contribution in [0.4, 0.5) is 0 Å². The number of methoxy groups -OCH3 is 1. The second-order valence-electron chi connectivity index (χ2n) is 2.21. The first-order valence-corrected chi connectivity index (χ1v) is 3.49. The summed E-state index contributed by atoms with van der Waals surface area (Å²) in [4.78, 5) is 14.8. The molecule has 0 aliphatic rings. The van der Waals surface area contributed by atoms with Crippen LogP contribution in [0.2, 0.25) is 0 Å². The molecule has 0 aliphatic heterocycles. The first-order valence-electron chi connectivity index (χ1n) is 3.49. The van der Waals surface area contributed by atoms with Crippen molar-refractivity contribution in [1.29, 1.82) is 0 Å². The van der Waals surface area contributed by atoms with E-state index in [-0.39, 0.29) is 0 Å². The average Bonchev–Trinajstić information content (AvgIpc) is 2.18. The summed E-state index contributed by atoms with van der Waals surface area (Å²) in [6, 6.07) is 3.09. The van der Waals surface area contributed by atoms with Gasteiger partial charge in [-0.3, -0.25) is 4.98 Å². The summed E-state index contributed by atoms with van der Waals surface area (Å²) in [6.45, 7) is 0. The highest BCUT2D eigenvalue weighted by atomic mass is 16.5. The number of carbonyl (C=O) groups is 1. The molecule has 0 aromatic carbocycles. The van der Waals surface area contributed by atoms with E-state index in [4.69, 9.17) is 5.21 Å². The molecule has 1 heterocycles. The van der Waals surface area contributed by atoms with Crippen molar-refractivity contribution in [3.8, 4) is 0 Å². The Morgan fingerprint density at radius 3 is 2.92 bits per heavy atom. The molecule has 0 aliphatic carbocycles. The normalized spacial score (nSPS) is 10.2. The zero-order valence-electron chi connectivity index (χ0n) is 6.97. The molecule has 0 radical (unpaired) electrons. The van der Waals surface area contributed by atoms with E-state index in [1.54, 1.807) is 6.07 Å². The number of oxime groups is 1. The number of ether oxygens (including phenoxy) is 1. The number of pyridine rings is 1. The minimum absolute atomic E-state index is 0.359. The molecule has 5 nitrogen and oxygen atoms in total. The summed E-state index contributed by atoms with van der Waals surface area (Å²) in [5, 5.41) is 11.0. The Morgan fingerprint density at radius 1 is 1.69 bits per heavy atom. The Kier molecular flexibility index (Phi) is 2.97. The molecule has 0 unspecified atom stereocenters. The van der Waals surface area contributed by atoms with Gasteiger partial charge in [-0.25, -0.2) is 4.79 Å². The molecule has 1 rings (SSSR count). The lowest BCUT2D eigenvalue weighted by Crippen LogP contribution is -2.02. The highest BCUT2D eigenvalue weighted by Gasteiger charge is 2.03. The van der Waals surface area contributed by atoms with Crippen molar-refractivity contribution in [2.24, 2.45) is 5.16 Å². The maximum absolute atomic E-state index is 10.9. The van der Waals surface area contributed by atoms with Crippen LogP contribution in [-0.2, 0) is 4.74 Å². The van der Waals surface area contributed by atoms with Crippen LogP contribution in [0.1, 0.15) is 16.1 Å². The van der Waals surface area contributed by atoms with Crippen molar-refractivity contribution in [3.63, 3.8) is 0 Å². The molecule has 0 saturated heterocycles. The van der Waals surface area contributed by atoms with Gasteiger partial charge in [-0.15, -0.1) is 0 Å². The summed E-state index contributed by atoms with van der Waals surface area (Å²) in [6.07, 6.45) is 2.52. The third kappa shape index (κ3) is 2.26. The van der Waals surface area contributed by atoms with Gasteiger partial charge in [0.05, 0.1) is 24.6 Å². The van der Waals surface area contributed by atoms with Crippen LogP contribution in [-0.4, -0.2) is 29.5 Å². The highest BCUT2D eigenvalue weighted by Crippen LogP contribution is 2.00. The van der Waals surface area contributed by atoms with Gasteiger partial charge in [-0.1, -0.05) is 5.16 Å². The minimum atomic E-state index is -0.444. The van der Waals surface area contributed by atoms with Crippen LogP contribution in [0.15, 0.2) is 23.5 Å². The second kappa shape index (κ2) is 4.20. The summed E-state index contributed by atoms with van der Waals surface area (Å²) in [5.74, 6) is -0.444. The molecule has 0 bridgehead atoms. The van der Waals surface area contributed by atoms with Gasteiger partial charge in [-0.05, 0) is 12.1 Å². The predicted octanol–water partition coefficient (Wildman–Crippen LogP) is 0.676. The fraction of sp³-hybridized carbons (Fsp3) is 0.125. The first kappa shape index (κ1) is 9.18. The number of rotatable bonds is 2. The largest absolute Gasteiger partial charge is 0.465 e. The molecule has 5 heteroatoms. The zero-order chi connectivity index (χ0) is 9.68. The predicted molar refractivity (Wildman–Crippen MR) is 45.0 cm³/mol. The number of carbonyl (C=O) groups excluding carboxylic acids is 1. The van der Waals surface area contributed by atoms with Gasteiger partial charge in [0, 0.05) is 6.20 Å². The Bertz CT molecular complexity index is 319. The van der Waals surface area contributed by atoms with Crippen LogP contribution in [0.3, 0.4) is 0 Å². The molecule has 13 heavy (non-hydrogen) atoms. The van der Waals surface area contributed by atoms with Crippen LogP contribution in [0.5, 0.6) is 0 Å². The van der Waals surface area contributed by atoms with Gasteiger partial charge in [0.1, 0.15) is 0 Å². The van der Waals surface area contributed by atoms with Crippen molar-refractivity contribution in [2.75, 3.05) is 7.11 Å². The molecular formula is C8H8N2O3. The average molecular weight is 180 g/mol. The van der Waals surface area contributed by atoms with E-state index in [1.165, 1.54) is 25.6 Å². The summed E-state index contributed by atoms with van der Waals surface area (Å²) < 4.78 is 4.47. The van der Waals surface area contributed by atoms with Gasteiger partial charge in [-0.2, -0.15) is 0 Å². The lowest BCUT2D eigenvalue weighted by Gasteiger charge is -1.97. The van der Waals surface area contributed by atoms with E-state index >= 15 is 0 Å². The van der Waals surface area contributed by atoms with E-state index in [9.17, 15) is 4.79 Å². The second-order valence-corrected chi connectivity index (χ2v) is 2.21. The molecule has 0 fully saturated rings. The lowest BCUT2D eigenvalue weighted by atomic mass is 10.2. The number of aromatic nitrogens is 1. The number of nitrogens with zero attached hydrogens (tertiary/aromatic N) is 2. The fourth-order valence-corrected chi connectivity index (χ4v) is 0.779. The highest BCUT2D eigenvalue weighted by molar-refractivity contribution is 5.89. The van der Waals surface area contributed by atoms with Crippen molar-refractivity contribution < 1.29 is 14.7 Å². The number of esters is 1. The van der Waals surface area contributed by atoms with Crippen LogP contribution < -0.4 is 0 Å². The number of hydrogen-bond donors (Lipinski definition) is 1. The molecule has 0 saturated carbocycles. The summed E-state index contributed by atoms with van der Waals surface area (Å²) in [5.41, 5.74) is 0.827. The maximum Gasteiger partial charge on any atom is 0.339 e. The van der Waals surface area contributed by atoms with E-state index in [0.717, 1.165) is 0 Å². The Hall–Kier alpha value is -1.91. The molecule has 1 N–H and O–H groups in total. The molecule has 0 spiro atoms. The van der Waals surface area contributed by atoms with Gasteiger partial charge < -0.3 is 9.94 Å². The van der Waals surface area contributed by atoms with E-state index in [1.807, 2.05) is 0 Å². The van der Waals surface area contributed by atoms with E-state index in [2.05, 4.69) is 14.9 Å². The van der Waals surface area contributed by atoms with Gasteiger partial charge >= 0.3 is 5.97 Å². The fourth-order valence-electron chi connectivity index (χ4n) is 0.779. The third-order valence-electron chi connectivity index (χ3n) is 1.40. The van der Waals surface area contributed by atoms with E-state index < -0.39 is 5.97 Å². The van der Waals surface area contributed by atoms with Gasteiger partial charge in [0.15, 0.2) is 0 Å². The van der Waals surface area contributed by atoms with Crippen molar-refractivity contribution in [1.82, 2.24) is 4.98 Å². The lowest BCUT2D eigenvalue weighted by molar-refractivity contribution is 0.0600. The zero-order valence-corrected chi connectivity index (χ0v) is 6.97. The molecular weight excluding hydrogens is 172 g/mol. The monoisotopic (exact) mass is 180 g/mol. The topological polar surface area (TPSA) is 71.8 Å². The molecule has 68 valence electrons. The van der Waals surface area contributed by atoms with Crippen molar-refractivity contribution in [3.05, 3.63) is 29.6 Å². The van der Waals surface area contributed by atoms with E-state index in [0.29, 0.717) is 11.3 Å². The summed E-state index contributed by atoms with van der Waals surface area (Å²) >= 11 is 0. The molecule has 0 atom stereocenters. The summed E-state index contributed by atoms with van der Waals surface area (Å²) in [7, 11) is 1.30.